The fraction of sp³-hybridized carbons (Fsp3) is 0.167. The Bertz CT molecular complexity index is 709. The van der Waals surface area contributed by atoms with E-state index in [1.165, 1.54) is 6.33 Å². The molecule has 0 saturated carbocycles. The molecule has 0 aliphatic heterocycles. The summed E-state index contributed by atoms with van der Waals surface area (Å²) in [5, 5.41) is 0. The van der Waals surface area contributed by atoms with Gasteiger partial charge in [0.15, 0.2) is 5.65 Å². The third kappa shape index (κ3) is 2.05. The van der Waals surface area contributed by atoms with Gasteiger partial charge in [-0.15, -0.1) is 0 Å². The number of aromatic nitrogens is 5. The van der Waals surface area contributed by atoms with Crippen molar-refractivity contribution in [3.05, 3.63) is 36.4 Å². The lowest BCUT2D eigenvalue weighted by Crippen LogP contribution is -2.06. The predicted octanol–water partition coefficient (Wildman–Crippen LogP) is 0.860. The molecule has 0 spiro atoms. The maximum Gasteiger partial charge on any atom is 0.215 e. The molecule has 3 heterocycles. The van der Waals surface area contributed by atoms with Crippen LogP contribution in [0, 0.1) is 0 Å². The largest absolute Gasteiger partial charge is 0.481 e. The maximum atomic E-state index is 5.92. The van der Waals surface area contributed by atoms with Crippen LogP contribution in [0.1, 0.15) is 5.69 Å². The van der Waals surface area contributed by atoms with Crippen molar-refractivity contribution < 1.29 is 4.74 Å². The fourth-order valence-corrected chi connectivity index (χ4v) is 1.85. The Labute approximate surface area is 109 Å². The first-order valence-corrected chi connectivity index (χ1v) is 5.69. The Morgan fingerprint density at radius 2 is 2.16 bits per heavy atom. The van der Waals surface area contributed by atoms with Crippen molar-refractivity contribution >= 4 is 17.1 Å². The maximum absolute atomic E-state index is 5.92. The van der Waals surface area contributed by atoms with Gasteiger partial charge in [-0.3, -0.25) is 4.57 Å². The van der Waals surface area contributed by atoms with E-state index in [2.05, 4.69) is 19.9 Å². The van der Waals surface area contributed by atoms with E-state index in [0.717, 1.165) is 11.2 Å². The molecule has 0 radical (unpaired) electrons. The Morgan fingerprint density at radius 1 is 1.26 bits per heavy atom. The van der Waals surface area contributed by atoms with E-state index in [-0.39, 0.29) is 0 Å². The highest BCUT2D eigenvalue weighted by atomic mass is 16.5. The number of hydrogen-bond donors (Lipinski definition) is 1. The van der Waals surface area contributed by atoms with Gasteiger partial charge in [0.25, 0.3) is 0 Å². The normalized spacial score (nSPS) is 10.8. The minimum Gasteiger partial charge on any atom is -0.481 e. The van der Waals surface area contributed by atoms with Gasteiger partial charge in [0, 0.05) is 12.3 Å². The van der Waals surface area contributed by atoms with Crippen molar-refractivity contribution in [3.8, 4) is 5.88 Å². The Kier molecular flexibility index (Phi) is 2.71. The summed E-state index contributed by atoms with van der Waals surface area (Å²) in [7, 11) is 1.57. The van der Waals surface area contributed by atoms with Crippen LogP contribution in [0.2, 0.25) is 0 Å². The van der Waals surface area contributed by atoms with Crippen LogP contribution in [0.25, 0.3) is 11.2 Å². The molecule has 0 atom stereocenters. The highest BCUT2D eigenvalue weighted by Crippen LogP contribution is 2.20. The lowest BCUT2D eigenvalue weighted by molar-refractivity contribution is 0.399. The van der Waals surface area contributed by atoms with E-state index in [1.807, 2.05) is 12.1 Å². The number of imidazole rings is 1. The highest BCUT2D eigenvalue weighted by molar-refractivity contribution is 5.74. The minimum atomic E-state index is 0.398. The van der Waals surface area contributed by atoms with E-state index in [4.69, 9.17) is 10.5 Å². The van der Waals surface area contributed by atoms with Crippen LogP contribution in [-0.2, 0) is 6.54 Å². The van der Waals surface area contributed by atoms with Gasteiger partial charge >= 0.3 is 0 Å². The van der Waals surface area contributed by atoms with Crippen molar-refractivity contribution in [2.24, 2.45) is 0 Å². The summed E-state index contributed by atoms with van der Waals surface area (Å²) in [6.07, 6.45) is 3.18. The lowest BCUT2D eigenvalue weighted by Gasteiger charge is -2.05. The van der Waals surface area contributed by atoms with Gasteiger partial charge in [0.2, 0.25) is 11.8 Å². The zero-order valence-electron chi connectivity index (χ0n) is 10.3. The van der Waals surface area contributed by atoms with E-state index in [0.29, 0.717) is 24.0 Å². The number of anilines is 1. The molecule has 3 aromatic heterocycles. The molecule has 0 fully saturated rings. The number of hydrogen-bond acceptors (Lipinski definition) is 6. The van der Waals surface area contributed by atoms with Crippen molar-refractivity contribution in [1.82, 2.24) is 24.5 Å². The number of fused-ring (bicyclic) bond motifs is 1. The molecule has 2 N–H and O–H groups in total. The summed E-state index contributed by atoms with van der Waals surface area (Å²) < 4.78 is 6.91. The fourth-order valence-electron chi connectivity index (χ4n) is 1.85. The average Bonchev–Trinajstić information content (AvgIpc) is 2.76. The topological polar surface area (TPSA) is 91.7 Å². The smallest absolute Gasteiger partial charge is 0.215 e. The number of ether oxygens (including phenoxy) is 1. The molecule has 0 aromatic carbocycles. The molecule has 3 rings (SSSR count). The number of nitrogen functional groups attached to an aromatic ring is 1. The zero-order valence-corrected chi connectivity index (χ0v) is 10.3. The average molecular weight is 256 g/mol. The number of methoxy groups -OCH3 is 1. The van der Waals surface area contributed by atoms with Crippen molar-refractivity contribution in [2.45, 2.75) is 6.54 Å². The van der Waals surface area contributed by atoms with Crippen LogP contribution in [0.15, 0.2) is 30.7 Å². The summed E-state index contributed by atoms with van der Waals surface area (Å²) in [6, 6.07) is 5.41. The van der Waals surface area contributed by atoms with Gasteiger partial charge < -0.3 is 10.5 Å². The van der Waals surface area contributed by atoms with E-state index >= 15 is 0 Å². The first-order chi connectivity index (χ1) is 9.28. The zero-order chi connectivity index (χ0) is 13.2. The third-order valence-electron chi connectivity index (χ3n) is 2.77. The van der Waals surface area contributed by atoms with Gasteiger partial charge in [-0.2, -0.15) is 4.98 Å². The predicted molar refractivity (Wildman–Crippen MR) is 69.6 cm³/mol. The Balaban J connectivity index is 2.09. The number of nitrogens with two attached hydrogens (primary N) is 1. The number of rotatable bonds is 3. The van der Waals surface area contributed by atoms with Crippen LogP contribution >= 0.6 is 0 Å². The first kappa shape index (κ1) is 11.4. The van der Waals surface area contributed by atoms with Gasteiger partial charge in [-0.1, -0.05) is 0 Å². The number of pyridine rings is 1. The Morgan fingerprint density at radius 3 is 2.89 bits per heavy atom. The Hall–Kier alpha value is -2.70. The molecule has 7 nitrogen and oxygen atoms in total. The molecular weight excluding hydrogens is 244 g/mol. The summed E-state index contributed by atoms with van der Waals surface area (Å²) in [4.78, 5) is 16.7. The standard InChI is InChI=1S/C12H12N6O/c1-19-10-3-2-9-11(17-10)18(12(13)16-9)6-8-4-5-14-7-15-8/h2-5,7H,6H2,1H3,(H2,13,16). The minimum absolute atomic E-state index is 0.398. The molecule has 0 bridgehead atoms. The molecule has 0 aliphatic rings. The van der Waals surface area contributed by atoms with E-state index in [9.17, 15) is 0 Å². The lowest BCUT2D eigenvalue weighted by atomic mass is 10.4. The van der Waals surface area contributed by atoms with Gasteiger partial charge in [0.05, 0.1) is 19.3 Å². The molecule has 0 aliphatic carbocycles. The SMILES string of the molecule is COc1ccc2nc(N)n(Cc3ccncn3)c2n1. The third-order valence-corrected chi connectivity index (χ3v) is 2.77. The molecule has 96 valence electrons. The summed E-state index contributed by atoms with van der Waals surface area (Å²) in [5.41, 5.74) is 8.16. The molecule has 3 aromatic rings. The summed E-state index contributed by atoms with van der Waals surface area (Å²) >= 11 is 0. The first-order valence-electron chi connectivity index (χ1n) is 5.69. The quantitative estimate of drug-likeness (QED) is 0.747. The van der Waals surface area contributed by atoms with Crippen LogP contribution in [-0.4, -0.2) is 31.6 Å². The molecule has 0 unspecified atom stereocenters. The highest BCUT2D eigenvalue weighted by Gasteiger charge is 2.11. The van der Waals surface area contributed by atoms with Crippen molar-refractivity contribution in [1.29, 1.82) is 0 Å². The summed E-state index contributed by atoms with van der Waals surface area (Å²) in [6.45, 7) is 0.491. The molecule has 0 saturated heterocycles. The molecule has 19 heavy (non-hydrogen) atoms. The molecular formula is C12H12N6O. The van der Waals surface area contributed by atoms with Gasteiger partial charge in [0.1, 0.15) is 11.8 Å². The molecule has 7 heteroatoms. The van der Waals surface area contributed by atoms with Gasteiger partial charge in [-0.05, 0) is 12.1 Å². The second-order valence-corrected chi connectivity index (χ2v) is 3.95. The summed E-state index contributed by atoms with van der Waals surface area (Å²) in [5.74, 6) is 0.922. The van der Waals surface area contributed by atoms with Crippen LogP contribution < -0.4 is 10.5 Å². The van der Waals surface area contributed by atoms with Crippen molar-refractivity contribution in [3.63, 3.8) is 0 Å². The van der Waals surface area contributed by atoms with Crippen LogP contribution in [0.5, 0.6) is 5.88 Å². The second kappa shape index (κ2) is 4.52. The van der Waals surface area contributed by atoms with Crippen LogP contribution in [0.4, 0.5) is 5.95 Å². The van der Waals surface area contributed by atoms with Crippen molar-refractivity contribution in [2.75, 3.05) is 12.8 Å². The van der Waals surface area contributed by atoms with E-state index < -0.39 is 0 Å². The monoisotopic (exact) mass is 256 g/mol. The number of nitrogens with zero attached hydrogens (tertiary/aromatic N) is 5. The van der Waals surface area contributed by atoms with E-state index in [1.54, 1.807) is 23.9 Å². The second-order valence-electron chi connectivity index (χ2n) is 3.95. The van der Waals surface area contributed by atoms with Crippen LogP contribution in [0.3, 0.4) is 0 Å². The van der Waals surface area contributed by atoms with Gasteiger partial charge in [-0.25, -0.2) is 15.0 Å². The molecule has 0 amide bonds.